The Morgan fingerprint density at radius 3 is 0.944 bits per heavy atom. The SMILES string of the molecule is Oc1ccc([S-])cc1.Oc1ccc([S-])cc1.[Na+].[Na+]. The van der Waals surface area contributed by atoms with Crippen LogP contribution in [0.4, 0.5) is 0 Å². The van der Waals surface area contributed by atoms with Crippen LogP contribution in [-0.4, -0.2) is 10.2 Å². The van der Waals surface area contributed by atoms with Crippen LogP contribution in [-0.2, 0) is 25.3 Å². The zero-order chi connectivity index (χ0) is 12.0. The van der Waals surface area contributed by atoms with E-state index in [0.717, 1.165) is 9.79 Å². The van der Waals surface area contributed by atoms with Crippen molar-refractivity contribution in [2.45, 2.75) is 9.79 Å². The zero-order valence-corrected chi connectivity index (χ0v) is 16.0. The second-order valence-corrected chi connectivity index (χ2v) is 3.93. The topological polar surface area (TPSA) is 40.5 Å². The van der Waals surface area contributed by atoms with Crippen molar-refractivity contribution in [3.63, 3.8) is 0 Å². The van der Waals surface area contributed by atoms with Crippen LogP contribution < -0.4 is 59.1 Å². The van der Waals surface area contributed by atoms with Crippen molar-refractivity contribution in [3.8, 4) is 11.5 Å². The first-order valence-corrected chi connectivity index (χ1v) is 5.31. The maximum Gasteiger partial charge on any atom is 1.00 e. The molecule has 0 saturated carbocycles. The molecule has 0 saturated heterocycles. The Morgan fingerprint density at radius 2 is 0.778 bits per heavy atom. The van der Waals surface area contributed by atoms with Crippen LogP contribution in [0.3, 0.4) is 0 Å². The molecule has 18 heavy (non-hydrogen) atoms. The Kier molecular flexibility index (Phi) is 13.1. The Hall–Kier alpha value is 0.480. The van der Waals surface area contributed by atoms with E-state index in [1.165, 1.54) is 0 Å². The summed E-state index contributed by atoms with van der Waals surface area (Å²) in [6, 6.07) is 13.0. The van der Waals surface area contributed by atoms with Crippen molar-refractivity contribution in [1.29, 1.82) is 0 Å². The predicted molar refractivity (Wildman–Crippen MR) is 67.5 cm³/mol. The molecule has 0 atom stereocenters. The second kappa shape index (κ2) is 11.3. The minimum atomic E-state index is 0. The third kappa shape index (κ3) is 9.42. The van der Waals surface area contributed by atoms with Gasteiger partial charge in [0, 0.05) is 0 Å². The van der Waals surface area contributed by atoms with Gasteiger partial charge in [0.1, 0.15) is 11.5 Å². The van der Waals surface area contributed by atoms with Crippen LogP contribution in [0.25, 0.3) is 0 Å². The largest absolute Gasteiger partial charge is 1.00 e. The van der Waals surface area contributed by atoms with Crippen LogP contribution in [0.5, 0.6) is 11.5 Å². The zero-order valence-electron chi connectivity index (χ0n) is 10.3. The van der Waals surface area contributed by atoms with E-state index < -0.39 is 0 Å². The molecule has 0 spiro atoms. The number of phenols is 2. The number of aromatic hydroxyl groups is 2. The van der Waals surface area contributed by atoms with Gasteiger partial charge < -0.3 is 35.5 Å². The molecule has 2 N–H and O–H groups in total. The summed E-state index contributed by atoms with van der Waals surface area (Å²) in [5.41, 5.74) is 0. The van der Waals surface area contributed by atoms with Gasteiger partial charge in [0.2, 0.25) is 0 Å². The first-order valence-electron chi connectivity index (χ1n) is 4.50. The quantitative estimate of drug-likeness (QED) is 0.393. The van der Waals surface area contributed by atoms with Crippen molar-refractivity contribution in [3.05, 3.63) is 48.5 Å². The molecule has 2 nitrogen and oxygen atoms in total. The fraction of sp³-hybridized carbons (Fsp3) is 0. The van der Waals surface area contributed by atoms with Gasteiger partial charge in [-0.3, -0.25) is 0 Å². The molecule has 0 aliphatic carbocycles. The summed E-state index contributed by atoms with van der Waals surface area (Å²) in [6.07, 6.45) is 0. The summed E-state index contributed by atoms with van der Waals surface area (Å²) in [4.78, 5) is 1.51. The predicted octanol–water partition coefficient (Wildman–Crippen LogP) is -3.40. The van der Waals surface area contributed by atoms with E-state index in [4.69, 9.17) is 35.5 Å². The molecule has 2 aromatic rings. The number of hydrogen-bond donors (Lipinski definition) is 2. The molecule has 0 aromatic heterocycles. The third-order valence-electron chi connectivity index (χ3n) is 1.67. The molecule has 0 unspecified atom stereocenters. The fourth-order valence-electron chi connectivity index (χ4n) is 0.892. The normalized spacial score (nSPS) is 8.00. The monoisotopic (exact) mass is 296 g/mol. The maximum atomic E-state index is 8.71. The Balaban J connectivity index is 0. The summed E-state index contributed by atoms with van der Waals surface area (Å²) in [7, 11) is 0. The molecule has 0 amide bonds. The van der Waals surface area contributed by atoms with Crippen molar-refractivity contribution >= 4 is 25.3 Å². The molecule has 0 heterocycles. The van der Waals surface area contributed by atoms with E-state index in [2.05, 4.69) is 0 Å². The number of phenolic OH excluding ortho intramolecular Hbond substituents is 2. The Bertz CT molecular complexity index is 347. The van der Waals surface area contributed by atoms with Gasteiger partial charge in [0.05, 0.1) is 0 Å². The molecule has 2 rings (SSSR count). The summed E-state index contributed by atoms with van der Waals surface area (Å²) in [5, 5.41) is 17.4. The fourth-order valence-corrected chi connectivity index (χ4v) is 1.16. The summed E-state index contributed by atoms with van der Waals surface area (Å²) in [5.74, 6) is 0.525. The molecular formula is C12H10Na2O2S2. The van der Waals surface area contributed by atoms with E-state index in [1.54, 1.807) is 48.5 Å². The average Bonchev–Trinajstić information content (AvgIpc) is 2.28. The average molecular weight is 296 g/mol. The van der Waals surface area contributed by atoms with Gasteiger partial charge in [-0.25, -0.2) is 0 Å². The molecule has 84 valence electrons. The molecule has 0 aliphatic heterocycles. The number of hydrogen-bond acceptors (Lipinski definition) is 4. The summed E-state index contributed by atoms with van der Waals surface area (Å²) in [6.45, 7) is 0. The Morgan fingerprint density at radius 1 is 0.556 bits per heavy atom. The van der Waals surface area contributed by atoms with Gasteiger partial charge in [-0.2, -0.15) is 9.79 Å². The summed E-state index contributed by atoms with van der Waals surface area (Å²) < 4.78 is 0. The Labute approximate surface area is 162 Å². The minimum absolute atomic E-state index is 0. The van der Waals surface area contributed by atoms with Gasteiger partial charge >= 0.3 is 59.1 Å². The number of benzene rings is 2. The third-order valence-corrected chi connectivity index (χ3v) is 2.22. The van der Waals surface area contributed by atoms with Gasteiger partial charge in [-0.05, 0) is 24.3 Å². The van der Waals surface area contributed by atoms with E-state index in [-0.39, 0.29) is 70.6 Å². The molecule has 0 fully saturated rings. The molecule has 0 aliphatic rings. The van der Waals surface area contributed by atoms with Crippen LogP contribution in [0.2, 0.25) is 0 Å². The van der Waals surface area contributed by atoms with Gasteiger partial charge in [-0.15, -0.1) is 0 Å². The van der Waals surface area contributed by atoms with Crippen LogP contribution in [0, 0.1) is 0 Å². The molecule has 0 radical (unpaired) electrons. The standard InChI is InChI=1S/2C6H6OS.2Na/c2*7-5-1-3-6(8)4-2-5;;/h2*1-4,7-8H;;/q;;2*+1/p-2. The van der Waals surface area contributed by atoms with E-state index in [9.17, 15) is 0 Å². The molecular weight excluding hydrogens is 286 g/mol. The molecule has 0 bridgehead atoms. The van der Waals surface area contributed by atoms with Crippen molar-refractivity contribution in [2.75, 3.05) is 0 Å². The van der Waals surface area contributed by atoms with Crippen LogP contribution in [0.1, 0.15) is 0 Å². The molecule has 6 heteroatoms. The first-order chi connectivity index (χ1) is 7.58. The smallest absolute Gasteiger partial charge is 0.780 e. The van der Waals surface area contributed by atoms with E-state index in [1.807, 2.05) is 0 Å². The van der Waals surface area contributed by atoms with E-state index >= 15 is 0 Å². The van der Waals surface area contributed by atoms with Crippen molar-refractivity contribution < 1.29 is 69.3 Å². The first kappa shape index (κ1) is 20.8. The molecule has 2 aromatic carbocycles. The minimum Gasteiger partial charge on any atom is -0.780 e. The maximum absolute atomic E-state index is 8.71. The van der Waals surface area contributed by atoms with Gasteiger partial charge in [0.25, 0.3) is 0 Å². The summed E-state index contributed by atoms with van der Waals surface area (Å²) >= 11 is 9.52. The van der Waals surface area contributed by atoms with Crippen molar-refractivity contribution in [1.82, 2.24) is 0 Å². The van der Waals surface area contributed by atoms with Gasteiger partial charge in [-0.1, -0.05) is 24.3 Å². The second-order valence-electron chi connectivity index (χ2n) is 2.99. The van der Waals surface area contributed by atoms with Crippen LogP contribution >= 0.6 is 0 Å². The van der Waals surface area contributed by atoms with Crippen molar-refractivity contribution in [2.24, 2.45) is 0 Å². The van der Waals surface area contributed by atoms with Crippen LogP contribution in [0.15, 0.2) is 58.3 Å². The number of rotatable bonds is 0. The van der Waals surface area contributed by atoms with Gasteiger partial charge in [0.15, 0.2) is 0 Å². The van der Waals surface area contributed by atoms with E-state index in [0.29, 0.717) is 0 Å².